The Hall–Kier alpha value is -0.560. The molecule has 0 aromatic carbocycles. The molecule has 0 aromatic heterocycles. The Morgan fingerprint density at radius 1 is 0.709 bits per heavy atom. The van der Waals surface area contributed by atoms with Crippen molar-refractivity contribution in [3.63, 3.8) is 0 Å². The van der Waals surface area contributed by atoms with Crippen LogP contribution in [0, 0.1) is 44.8 Å². The van der Waals surface area contributed by atoms with E-state index in [0.29, 0.717) is 25.7 Å². The van der Waals surface area contributed by atoms with E-state index in [1.807, 2.05) is 0 Å². The lowest BCUT2D eigenvalue weighted by Gasteiger charge is -2.65. The SMILES string of the molecule is CC(C)(O)[C@@H]1CC[C@@](C)([C@H]2[C@@H](O)C[C@@]3(C)[C@H]4C[C@H](O[C@@H]5O[C@H](CO)[C@@H](O)[C@H](O)[C@H]5O)[C@@H]5C(C)(C)C(O[C@@H]6OC[C@@H](O)[C@H](O)[C@H]6O)CC[C@]56C[C@@]46CC[C@@]23C)O1. The van der Waals surface area contributed by atoms with Crippen molar-refractivity contribution in [3.05, 3.63) is 0 Å². The van der Waals surface area contributed by atoms with Crippen LogP contribution in [0.3, 0.4) is 0 Å². The largest absolute Gasteiger partial charge is 0.394 e. The van der Waals surface area contributed by atoms with E-state index in [9.17, 15) is 46.0 Å². The van der Waals surface area contributed by atoms with Crippen LogP contribution in [0.5, 0.6) is 0 Å². The summed E-state index contributed by atoms with van der Waals surface area (Å²) < 4.78 is 31.9. The van der Waals surface area contributed by atoms with Gasteiger partial charge in [0.15, 0.2) is 12.6 Å². The van der Waals surface area contributed by atoms with Crippen LogP contribution in [0.15, 0.2) is 0 Å². The second kappa shape index (κ2) is 13.2. The molecule has 14 heteroatoms. The van der Waals surface area contributed by atoms with Crippen molar-refractivity contribution in [3.8, 4) is 0 Å². The summed E-state index contributed by atoms with van der Waals surface area (Å²) in [5.74, 6) is -0.215. The third-order valence-electron chi connectivity index (χ3n) is 17.6. The van der Waals surface area contributed by atoms with Crippen molar-refractivity contribution in [2.45, 2.75) is 197 Å². The van der Waals surface area contributed by atoms with E-state index >= 15 is 0 Å². The molecule has 3 saturated heterocycles. The van der Waals surface area contributed by atoms with Crippen LogP contribution in [-0.4, -0.2) is 150 Å². The highest BCUT2D eigenvalue weighted by Crippen LogP contribution is 2.89. The van der Waals surface area contributed by atoms with Crippen LogP contribution < -0.4 is 0 Å². The molecule has 5 aliphatic carbocycles. The van der Waals surface area contributed by atoms with Crippen molar-refractivity contribution >= 4 is 0 Å². The summed E-state index contributed by atoms with van der Waals surface area (Å²) in [6.45, 7) is 13.8. The summed E-state index contributed by atoms with van der Waals surface area (Å²) in [4.78, 5) is 0. The average Bonchev–Trinajstić information content (AvgIpc) is 3.47. The van der Waals surface area contributed by atoms with Gasteiger partial charge in [0.1, 0.15) is 42.7 Å². The Kier molecular flexibility index (Phi) is 9.90. The van der Waals surface area contributed by atoms with Crippen molar-refractivity contribution < 1.29 is 69.6 Å². The molecule has 2 spiro atoms. The van der Waals surface area contributed by atoms with Gasteiger partial charge in [-0.2, -0.15) is 0 Å². The van der Waals surface area contributed by atoms with Crippen LogP contribution in [0.4, 0.5) is 0 Å². The third-order valence-corrected chi connectivity index (χ3v) is 17.6. The van der Waals surface area contributed by atoms with Crippen LogP contribution in [0.1, 0.15) is 106 Å². The van der Waals surface area contributed by atoms with Gasteiger partial charge in [-0.15, -0.1) is 0 Å². The Labute approximate surface area is 324 Å². The lowest BCUT2D eigenvalue weighted by Crippen LogP contribution is -2.65. The molecule has 316 valence electrons. The fourth-order valence-electron chi connectivity index (χ4n) is 14.9. The molecule has 1 unspecified atom stereocenters. The number of aliphatic hydroxyl groups is 9. The van der Waals surface area contributed by atoms with E-state index in [-0.39, 0.29) is 52.1 Å². The minimum atomic E-state index is -1.60. The number of aliphatic hydroxyl groups excluding tert-OH is 8. The van der Waals surface area contributed by atoms with Gasteiger partial charge in [-0.25, -0.2) is 0 Å². The average molecular weight is 785 g/mol. The van der Waals surface area contributed by atoms with Crippen LogP contribution in [0.25, 0.3) is 0 Å². The Morgan fingerprint density at radius 2 is 1.40 bits per heavy atom. The van der Waals surface area contributed by atoms with Gasteiger partial charge in [0, 0.05) is 5.92 Å². The standard InChI is InChI=1S/C41H68O14/c1-35(2)24(54-33-29(48)26(45)20(44)17-51-33)9-11-41-18-40(41)13-12-37(5)31(39(7)10-8-25(55-39)36(3,4)50)19(43)15-38(37,6)23(40)14-21(32(35)41)52-34-30(49)28(47)27(46)22(16-42)53-34/h19-34,42-50H,8-18H2,1-7H3/t19-,20+,21-,22+,23+,24?,25-,26-,27+,28-,29+,30+,31-,32+,33-,34+,37-,38-,39-,40-,41-/m0/s1. The van der Waals surface area contributed by atoms with Gasteiger partial charge >= 0.3 is 0 Å². The van der Waals surface area contributed by atoms with Gasteiger partial charge in [0.25, 0.3) is 0 Å². The van der Waals surface area contributed by atoms with Crippen LogP contribution >= 0.6 is 0 Å². The Morgan fingerprint density at radius 3 is 2.05 bits per heavy atom. The molecule has 0 radical (unpaired) electrons. The van der Waals surface area contributed by atoms with Crippen molar-refractivity contribution in [2.24, 2.45) is 44.8 Å². The minimum Gasteiger partial charge on any atom is -0.394 e. The predicted octanol–water partition coefficient (Wildman–Crippen LogP) is 0.724. The van der Waals surface area contributed by atoms with Gasteiger partial charge < -0.3 is 69.6 Å². The highest BCUT2D eigenvalue weighted by molar-refractivity contribution is 5.33. The van der Waals surface area contributed by atoms with E-state index in [2.05, 4.69) is 34.6 Å². The number of rotatable bonds is 7. The third kappa shape index (κ3) is 5.70. The number of fused-ring (bicyclic) bond motifs is 2. The molecule has 0 aromatic rings. The molecular formula is C41H68O14. The zero-order valence-electron chi connectivity index (χ0n) is 33.6. The molecule has 3 heterocycles. The quantitative estimate of drug-likeness (QED) is 0.162. The van der Waals surface area contributed by atoms with Crippen LogP contribution in [-0.2, 0) is 23.7 Å². The highest BCUT2D eigenvalue weighted by atomic mass is 16.7. The van der Waals surface area contributed by atoms with Gasteiger partial charge in [0.05, 0.1) is 48.8 Å². The summed E-state index contributed by atoms with van der Waals surface area (Å²) in [6, 6.07) is 0. The molecular weight excluding hydrogens is 716 g/mol. The monoisotopic (exact) mass is 784 g/mol. The summed E-state index contributed by atoms with van der Waals surface area (Å²) in [5, 5.41) is 97.2. The normalized spacial score (nSPS) is 58.7. The second-order valence-corrected chi connectivity index (χ2v) is 21.1. The van der Waals surface area contributed by atoms with Crippen molar-refractivity contribution in [2.75, 3.05) is 13.2 Å². The number of hydrogen-bond donors (Lipinski definition) is 9. The van der Waals surface area contributed by atoms with E-state index in [0.717, 1.165) is 32.1 Å². The van der Waals surface area contributed by atoms with Crippen molar-refractivity contribution in [1.29, 1.82) is 0 Å². The Bertz CT molecular complexity index is 1460. The zero-order valence-corrected chi connectivity index (χ0v) is 33.6. The summed E-state index contributed by atoms with van der Waals surface area (Å²) >= 11 is 0. The van der Waals surface area contributed by atoms with E-state index in [1.165, 1.54) is 0 Å². The minimum absolute atomic E-state index is 0.0633. The molecule has 8 fully saturated rings. The first-order chi connectivity index (χ1) is 25.5. The van der Waals surface area contributed by atoms with Gasteiger partial charge in [0.2, 0.25) is 0 Å². The number of hydrogen-bond acceptors (Lipinski definition) is 14. The lowest BCUT2D eigenvalue weighted by atomic mass is 9.41. The molecule has 3 aliphatic heterocycles. The highest BCUT2D eigenvalue weighted by Gasteiger charge is 2.85. The van der Waals surface area contributed by atoms with E-state index in [4.69, 9.17) is 23.7 Å². The molecule has 8 aliphatic rings. The molecule has 0 bridgehead atoms. The molecule has 21 atom stereocenters. The second-order valence-electron chi connectivity index (χ2n) is 21.1. The maximum atomic E-state index is 12.2. The maximum absolute atomic E-state index is 12.2. The molecule has 5 saturated carbocycles. The predicted molar refractivity (Wildman–Crippen MR) is 194 cm³/mol. The topological polar surface area (TPSA) is 228 Å². The molecule has 9 N–H and O–H groups in total. The summed E-state index contributed by atoms with van der Waals surface area (Å²) in [5.41, 5.74) is -3.16. The molecule has 55 heavy (non-hydrogen) atoms. The summed E-state index contributed by atoms with van der Waals surface area (Å²) in [6.07, 6.45) is -7.48. The van der Waals surface area contributed by atoms with Gasteiger partial charge in [-0.3, -0.25) is 0 Å². The molecule has 14 nitrogen and oxygen atoms in total. The fourth-order valence-corrected chi connectivity index (χ4v) is 14.9. The van der Waals surface area contributed by atoms with Crippen molar-refractivity contribution in [1.82, 2.24) is 0 Å². The lowest BCUT2D eigenvalue weighted by molar-refractivity contribution is -0.339. The van der Waals surface area contributed by atoms with E-state index in [1.54, 1.807) is 13.8 Å². The molecule has 0 amide bonds. The number of ether oxygens (including phenoxy) is 5. The first kappa shape index (κ1) is 41.2. The first-order valence-corrected chi connectivity index (χ1v) is 20.9. The first-order valence-electron chi connectivity index (χ1n) is 20.9. The Balaban J connectivity index is 1.15. The zero-order chi connectivity index (χ0) is 40.1. The smallest absolute Gasteiger partial charge is 0.186 e. The van der Waals surface area contributed by atoms with Crippen LogP contribution in [0.2, 0.25) is 0 Å². The summed E-state index contributed by atoms with van der Waals surface area (Å²) in [7, 11) is 0. The van der Waals surface area contributed by atoms with E-state index < -0.39 is 96.8 Å². The maximum Gasteiger partial charge on any atom is 0.186 e. The van der Waals surface area contributed by atoms with Gasteiger partial charge in [-0.05, 0) is 117 Å². The fraction of sp³-hybridized carbons (Fsp3) is 1.00. The molecule has 8 rings (SSSR count). The van der Waals surface area contributed by atoms with Gasteiger partial charge in [-0.1, -0.05) is 27.7 Å².